The molecule has 3 N–H and O–H groups in total. The number of benzene rings is 2. The van der Waals surface area contributed by atoms with Crippen molar-refractivity contribution >= 4 is 40.6 Å². The van der Waals surface area contributed by atoms with Crippen molar-refractivity contribution in [2.24, 2.45) is 0 Å². The third kappa shape index (κ3) is 5.10. The summed E-state index contributed by atoms with van der Waals surface area (Å²) in [6.45, 7) is 4.70. The van der Waals surface area contributed by atoms with Gasteiger partial charge in [0.1, 0.15) is 0 Å². The molecule has 37 heavy (non-hydrogen) atoms. The lowest BCUT2D eigenvalue weighted by Crippen LogP contribution is -2.37. The molecule has 2 aromatic carbocycles. The second kappa shape index (κ2) is 9.78. The van der Waals surface area contributed by atoms with Crippen LogP contribution in [-0.4, -0.2) is 48.1 Å². The van der Waals surface area contributed by atoms with E-state index in [2.05, 4.69) is 25.9 Å². The summed E-state index contributed by atoms with van der Waals surface area (Å²) in [5.74, 6) is -0.527. The number of nitrogens with zero attached hydrogens (tertiary/aromatic N) is 3. The first-order valence-corrected chi connectivity index (χ1v) is 12.2. The van der Waals surface area contributed by atoms with Gasteiger partial charge in [-0.05, 0) is 74.7 Å². The van der Waals surface area contributed by atoms with E-state index in [9.17, 15) is 14.0 Å². The second-order valence-electron chi connectivity index (χ2n) is 9.77. The lowest BCUT2D eigenvalue weighted by Gasteiger charge is -2.19. The van der Waals surface area contributed by atoms with Crippen LogP contribution in [0.3, 0.4) is 0 Å². The molecule has 1 aliphatic carbocycles. The van der Waals surface area contributed by atoms with Crippen molar-refractivity contribution in [3.05, 3.63) is 65.6 Å². The van der Waals surface area contributed by atoms with Gasteiger partial charge < -0.3 is 25.6 Å². The normalized spacial score (nSPS) is 15.9. The zero-order chi connectivity index (χ0) is 26.2. The number of nitrogens with one attached hydrogen (secondary N) is 3. The number of amides is 2. The Balaban J connectivity index is 1.31. The third-order valence-corrected chi connectivity index (χ3v) is 6.58. The number of hydrogen-bond acceptors (Lipinski definition) is 7. The van der Waals surface area contributed by atoms with E-state index in [0.717, 1.165) is 30.3 Å². The lowest BCUT2D eigenvalue weighted by molar-refractivity contribution is -0.122. The van der Waals surface area contributed by atoms with Crippen LogP contribution < -0.4 is 20.9 Å². The van der Waals surface area contributed by atoms with E-state index in [1.165, 1.54) is 0 Å². The van der Waals surface area contributed by atoms with E-state index in [1.807, 2.05) is 32.0 Å². The number of methoxy groups -OCH3 is 1. The molecule has 0 saturated heterocycles. The fourth-order valence-corrected chi connectivity index (χ4v) is 4.30. The van der Waals surface area contributed by atoms with Gasteiger partial charge in [-0.3, -0.25) is 9.59 Å². The molecule has 1 aliphatic heterocycles. The number of ether oxygens (including phenoxy) is 1. The van der Waals surface area contributed by atoms with E-state index < -0.39 is 11.2 Å². The minimum absolute atomic E-state index is 0.00455. The lowest BCUT2D eigenvalue weighted by atomic mass is 9.86. The van der Waals surface area contributed by atoms with E-state index in [0.29, 0.717) is 30.1 Å². The summed E-state index contributed by atoms with van der Waals surface area (Å²) in [6.07, 6.45) is 3.12. The van der Waals surface area contributed by atoms with Crippen LogP contribution in [0.4, 0.5) is 33.2 Å². The van der Waals surface area contributed by atoms with Gasteiger partial charge in [0, 0.05) is 42.3 Å². The van der Waals surface area contributed by atoms with Gasteiger partial charge >= 0.3 is 0 Å². The number of fused-ring (bicyclic) bond motifs is 1. The van der Waals surface area contributed by atoms with Crippen LogP contribution in [0.25, 0.3) is 0 Å². The van der Waals surface area contributed by atoms with Gasteiger partial charge in [-0.2, -0.15) is 4.98 Å². The Morgan fingerprint density at radius 1 is 1.14 bits per heavy atom. The molecule has 2 heterocycles. The number of carbonyl (C=O) groups excluding carboxylic acids is 2. The Bertz CT molecular complexity index is 1340. The van der Waals surface area contributed by atoms with Gasteiger partial charge in [0.2, 0.25) is 11.9 Å². The maximum absolute atomic E-state index is 14.5. The summed E-state index contributed by atoms with van der Waals surface area (Å²) in [6, 6.07) is 12.6. The molecule has 9 nitrogen and oxygen atoms in total. The van der Waals surface area contributed by atoms with Crippen molar-refractivity contribution in [1.29, 1.82) is 0 Å². The van der Waals surface area contributed by atoms with E-state index in [4.69, 9.17) is 4.74 Å². The fraction of sp³-hybridized carbons (Fsp3) is 0.333. The molecule has 0 radical (unpaired) electrons. The summed E-state index contributed by atoms with van der Waals surface area (Å²) < 4.78 is 19.6. The van der Waals surface area contributed by atoms with Crippen LogP contribution >= 0.6 is 0 Å². The zero-order valence-electron chi connectivity index (χ0n) is 21.0. The fourth-order valence-electron chi connectivity index (χ4n) is 4.30. The van der Waals surface area contributed by atoms with Gasteiger partial charge in [-0.15, -0.1) is 0 Å². The summed E-state index contributed by atoms with van der Waals surface area (Å²) in [4.78, 5) is 35.2. The second-order valence-corrected chi connectivity index (χ2v) is 9.77. The van der Waals surface area contributed by atoms with E-state index >= 15 is 0 Å². The average molecular weight is 505 g/mol. The predicted octanol–water partition coefficient (Wildman–Crippen LogP) is 4.27. The van der Waals surface area contributed by atoms with Crippen molar-refractivity contribution in [2.75, 3.05) is 35.8 Å². The smallest absolute Gasteiger partial charge is 0.251 e. The quantitative estimate of drug-likeness (QED) is 0.399. The average Bonchev–Trinajstić information content (AvgIpc) is 3.68. The molecule has 0 atom stereocenters. The number of halogens is 1. The topological polar surface area (TPSA) is 108 Å². The standard InChI is InChI=1S/C27H29FN6O3/c1-27(2)20-14-19(10-11-22(20)34(25(27)36)12-13-37-3)32-26-29-15-21(28)23(33-26)30-17-6-4-16(5-7-17)24(35)31-18-8-9-18/h4-7,10-11,14-15,18H,8-9,12-13H2,1-3H3,(H,31,35)(H2,29,30,32,33). The highest BCUT2D eigenvalue weighted by Gasteiger charge is 2.43. The summed E-state index contributed by atoms with van der Waals surface area (Å²) >= 11 is 0. The Morgan fingerprint density at radius 3 is 2.57 bits per heavy atom. The Kier molecular flexibility index (Phi) is 6.51. The van der Waals surface area contributed by atoms with Crippen LogP contribution in [0.2, 0.25) is 0 Å². The minimum atomic E-state index is -0.696. The van der Waals surface area contributed by atoms with Gasteiger partial charge in [0.05, 0.1) is 18.2 Å². The molecule has 2 amide bonds. The molecule has 1 saturated carbocycles. The summed E-state index contributed by atoms with van der Waals surface area (Å²) in [5.41, 5.74) is 2.83. The molecule has 1 fully saturated rings. The van der Waals surface area contributed by atoms with Gasteiger partial charge in [-0.1, -0.05) is 0 Å². The first kappa shape index (κ1) is 24.6. The molecular weight excluding hydrogens is 475 g/mol. The SMILES string of the molecule is COCCN1C(=O)C(C)(C)c2cc(Nc3ncc(F)c(Nc4ccc(C(=O)NC5CC5)cc4)n3)ccc21. The molecule has 10 heteroatoms. The number of rotatable bonds is 9. The molecule has 1 aromatic heterocycles. The van der Waals surface area contributed by atoms with Crippen molar-refractivity contribution in [3.8, 4) is 0 Å². The first-order chi connectivity index (χ1) is 17.8. The molecule has 2 aliphatic rings. The van der Waals surface area contributed by atoms with Gasteiger partial charge in [-0.25, -0.2) is 9.37 Å². The number of carbonyl (C=O) groups is 2. The van der Waals surface area contributed by atoms with Crippen LogP contribution in [0.15, 0.2) is 48.7 Å². The Morgan fingerprint density at radius 2 is 1.86 bits per heavy atom. The molecule has 0 unspecified atom stereocenters. The maximum atomic E-state index is 14.5. The molecular formula is C27H29FN6O3. The van der Waals surface area contributed by atoms with Crippen molar-refractivity contribution in [3.63, 3.8) is 0 Å². The highest BCUT2D eigenvalue weighted by atomic mass is 19.1. The highest BCUT2D eigenvalue weighted by Crippen LogP contribution is 2.43. The van der Waals surface area contributed by atoms with Crippen LogP contribution in [0, 0.1) is 5.82 Å². The molecule has 0 spiro atoms. The number of aromatic nitrogens is 2. The number of anilines is 5. The van der Waals surface area contributed by atoms with Gasteiger partial charge in [0.25, 0.3) is 5.91 Å². The van der Waals surface area contributed by atoms with Crippen LogP contribution in [0.5, 0.6) is 0 Å². The zero-order valence-corrected chi connectivity index (χ0v) is 21.0. The van der Waals surface area contributed by atoms with Crippen LogP contribution in [-0.2, 0) is 14.9 Å². The molecule has 5 rings (SSSR count). The summed E-state index contributed by atoms with van der Waals surface area (Å²) in [7, 11) is 1.61. The highest BCUT2D eigenvalue weighted by molar-refractivity contribution is 6.08. The number of hydrogen-bond donors (Lipinski definition) is 3. The Labute approximate surface area is 214 Å². The van der Waals surface area contributed by atoms with Crippen molar-refractivity contribution in [1.82, 2.24) is 15.3 Å². The monoisotopic (exact) mass is 504 g/mol. The summed E-state index contributed by atoms with van der Waals surface area (Å²) in [5, 5.41) is 8.99. The van der Waals surface area contributed by atoms with E-state index in [1.54, 1.807) is 36.3 Å². The van der Waals surface area contributed by atoms with E-state index in [-0.39, 0.29) is 29.6 Å². The van der Waals surface area contributed by atoms with Crippen molar-refractivity contribution in [2.45, 2.75) is 38.1 Å². The predicted molar refractivity (Wildman–Crippen MR) is 139 cm³/mol. The minimum Gasteiger partial charge on any atom is -0.383 e. The third-order valence-electron chi connectivity index (χ3n) is 6.58. The van der Waals surface area contributed by atoms with Gasteiger partial charge in [0.15, 0.2) is 11.6 Å². The molecule has 3 aromatic rings. The maximum Gasteiger partial charge on any atom is 0.251 e. The van der Waals surface area contributed by atoms with Crippen molar-refractivity contribution < 1.29 is 18.7 Å². The molecule has 0 bridgehead atoms. The Hall–Kier alpha value is -4.05. The largest absolute Gasteiger partial charge is 0.383 e. The molecule has 192 valence electrons. The first-order valence-electron chi connectivity index (χ1n) is 12.2. The van der Waals surface area contributed by atoms with Crippen LogP contribution in [0.1, 0.15) is 42.6 Å².